The second-order valence-corrected chi connectivity index (χ2v) is 6.58. The third kappa shape index (κ3) is 3.96. The minimum Gasteiger partial charge on any atom is -0.339 e. The molecule has 1 saturated heterocycles. The van der Waals surface area contributed by atoms with Gasteiger partial charge in [-0.15, -0.1) is 23.1 Å². The van der Waals surface area contributed by atoms with Gasteiger partial charge in [0.15, 0.2) is 0 Å². The molecular formula is C12H19N3OS2. The van der Waals surface area contributed by atoms with Crippen molar-refractivity contribution in [1.82, 2.24) is 14.8 Å². The van der Waals surface area contributed by atoms with Gasteiger partial charge in [-0.25, -0.2) is 4.98 Å². The molecule has 2 heterocycles. The maximum absolute atomic E-state index is 12.0. The smallest absolute Gasteiger partial charge is 0.232 e. The Morgan fingerprint density at radius 3 is 2.78 bits per heavy atom. The number of rotatable bonds is 4. The highest BCUT2D eigenvalue weighted by Crippen LogP contribution is 2.15. The molecule has 4 nitrogen and oxygen atoms in total. The predicted molar refractivity (Wildman–Crippen MR) is 77.1 cm³/mol. The largest absolute Gasteiger partial charge is 0.339 e. The summed E-state index contributed by atoms with van der Waals surface area (Å²) in [5.41, 5.74) is 1.09. The molecular weight excluding hydrogens is 266 g/mol. The van der Waals surface area contributed by atoms with Gasteiger partial charge in [0, 0.05) is 37.3 Å². The second-order valence-electron chi connectivity index (χ2n) is 4.53. The molecule has 1 aliphatic heterocycles. The van der Waals surface area contributed by atoms with Crippen LogP contribution >= 0.6 is 23.1 Å². The molecule has 1 fully saturated rings. The quantitative estimate of drug-likeness (QED) is 0.839. The standard InChI is InChI=1S/C12H19N3OS2/c1-10-13-11(8-18-10)7-17-9-12(16)15-5-3-14(2)4-6-15/h8H,3-7,9H2,1-2H3. The van der Waals surface area contributed by atoms with Crippen molar-refractivity contribution in [3.8, 4) is 0 Å². The molecule has 0 aliphatic carbocycles. The van der Waals surface area contributed by atoms with Crippen molar-refractivity contribution in [3.05, 3.63) is 16.1 Å². The van der Waals surface area contributed by atoms with Crippen LogP contribution < -0.4 is 0 Å². The first-order valence-electron chi connectivity index (χ1n) is 6.10. The van der Waals surface area contributed by atoms with Crippen LogP contribution in [0, 0.1) is 6.92 Å². The van der Waals surface area contributed by atoms with Crippen LogP contribution in [-0.2, 0) is 10.5 Å². The summed E-state index contributed by atoms with van der Waals surface area (Å²) in [5, 5.41) is 3.17. The Morgan fingerprint density at radius 2 is 2.17 bits per heavy atom. The zero-order chi connectivity index (χ0) is 13.0. The molecule has 0 spiro atoms. The van der Waals surface area contributed by atoms with E-state index >= 15 is 0 Å². The zero-order valence-electron chi connectivity index (χ0n) is 10.9. The van der Waals surface area contributed by atoms with E-state index in [9.17, 15) is 4.79 Å². The van der Waals surface area contributed by atoms with E-state index in [-0.39, 0.29) is 5.91 Å². The first kappa shape index (κ1) is 13.8. The molecule has 0 N–H and O–H groups in total. The lowest BCUT2D eigenvalue weighted by molar-refractivity contribution is -0.129. The van der Waals surface area contributed by atoms with Gasteiger partial charge in [-0.2, -0.15) is 0 Å². The van der Waals surface area contributed by atoms with E-state index in [1.54, 1.807) is 23.1 Å². The highest BCUT2D eigenvalue weighted by Gasteiger charge is 2.18. The minimum atomic E-state index is 0.264. The molecule has 6 heteroatoms. The van der Waals surface area contributed by atoms with Crippen LogP contribution in [0.3, 0.4) is 0 Å². The Morgan fingerprint density at radius 1 is 1.44 bits per heavy atom. The number of aromatic nitrogens is 1. The fourth-order valence-corrected chi connectivity index (χ4v) is 3.40. The third-order valence-electron chi connectivity index (χ3n) is 3.00. The van der Waals surface area contributed by atoms with Gasteiger partial charge in [-0.3, -0.25) is 4.79 Å². The number of nitrogens with zero attached hydrogens (tertiary/aromatic N) is 3. The normalized spacial score (nSPS) is 17.1. The molecule has 0 atom stereocenters. The van der Waals surface area contributed by atoms with Gasteiger partial charge in [-0.05, 0) is 14.0 Å². The van der Waals surface area contributed by atoms with Crippen LogP contribution in [-0.4, -0.2) is 59.7 Å². The summed E-state index contributed by atoms with van der Waals surface area (Å²) in [5.74, 6) is 1.67. The zero-order valence-corrected chi connectivity index (χ0v) is 12.5. The molecule has 0 bridgehead atoms. The van der Waals surface area contributed by atoms with Crippen LogP contribution in [0.15, 0.2) is 5.38 Å². The molecule has 1 aromatic heterocycles. The fourth-order valence-electron chi connectivity index (χ4n) is 1.86. The molecule has 2 rings (SSSR count). The van der Waals surface area contributed by atoms with E-state index in [2.05, 4.69) is 22.3 Å². The van der Waals surface area contributed by atoms with E-state index in [4.69, 9.17) is 0 Å². The number of thioether (sulfide) groups is 1. The molecule has 0 saturated carbocycles. The van der Waals surface area contributed by atoms with Crippen molar-refractivity contribution in [2.24, 2.45) is 0 Å². The number of piperazine rings is 1. The average Bonchev–Trinajstić information content (AvgIpc) is 2.76. The van der Waals surface area contributed by atoms with E-state index < -0.39 is 0 Å². The third-order valence-corrected chi connectivity index (χ3v) is 4.77. The number of likely N-dealkylation sites (N-methyl/N-ethyl adjacent to an activating group) is 1. The molecule has 100 valence electrons. The van der Waals surface area contributed by atoms with E-state index in [1.807, 2.05) is 11.8 Å². The Hall–Kier alpha value is -0.590. The second kappa shape index (κ2) is 6.54. The maximum atomic E-state index is 12.0. The van der Waals surface area contributed by atoms with Crippen molar-refractivity contribution in [1.29, 1.82) is 0 Å². The monoisotopic (exact) mass is 285 g/mol. The summed E-state index contributed by atoms with van der Waals surface area (Å²) in [6, 6.07) is 0. The molecule has 1 aromatic rings. The predicted octanol–water partition coefficient (Wildman–Crippen LogP) is 1.46. The Labute approximate surface area is 116 Å². The molecule has 0 unspecified atom stereocenters. The summed E-state index contributed by atoms with van der Waals surface area (Å²) in [6.45, 7) is 5.72. The number of aryl methyl sites for hydroxylation is 1. The SMILES string of the molecule is Cc1nc(CSCC(=O)N2CCN(C)CC2)cs1. The lowest BCUT2D eigenvalue weighted by atomic mass is 10.3. The van der Waals surface area contributed by atoms with E-state index in [0.29, 0.717) is 5.75 Å². The molecule has 18 heavy (non-hydrogen) atoms. The van der Waals surface area contributed by atoms with E-state index in [1.165, 1.54) is 0 Å². The Bertz CT molecular complexity index is 400. The Balaban J connectivity index is 1.68. The number of carbonyl (C=O) groups is 1. The van der Waals surface area contributed by atoms with Crippen molar-refractivity contribution in [2.75, 3.05) is 39.0 Å². The van der Waals surface area contributed by atoms with Gasteiger partial charge in [0.25, 0.3) is 0 Å². The summed E-state index contributed by atoms with van der Waals surface area (Å²) in [4.78, 5) is 20.6. The van der Waals surface area contributed by atoms with Crippen LogP contribution in [0.25, 0.3) is 0 Å². The molecule has 1 aliphatic rings. The lowest BCUT2D eigenvalue weighted by Gasteiger charge is -2.32. The van der Waals surface area contributed by atoms with Crippen LogP contribution in [0.2, 0.25) is 0 Å². The number of carbonyl (C=O) groups excluding carboxylic acids is 1. The van der Waals surface area contributed by atoms with Crippen molar-refractivity contribution in [2.45, 2.75) is 12.7 Å². The first-order valence-corrected chi connectivity index (χ1v) is 8.13. The molecule has 1 amide bonds. The topological polar surface area (TPSA) is 36.4 Å². The van der Waals surface area contributed by atoms with Gasteiger partial charge >= 0.3 is 0 Å². The number of hydrogen-bond donors (Lipinski definition) is 0. The summed E-state index contributed by atoms with van der Waals surface area (Å²) >= 11 is 3.33. The van der Waals surface area contributed by atoms with Gasteiger partial charge < -0.3 is 9.80 Å². The van der Waals surface area contributed by atoms with E-state index in [0.717, 1.165) is 42.6 Å². The van der Waals surface area contributed by atoms with Gasteiger partial charge in [0.1, 0.15) is 0 Å². The summed E-state index contributed by atoms with van der Waals surface area (Å²) in [7, 11) is 2.10. The summed E-state index contributed by atoms with van der Waals surface area (Å²) < 4.78 is 0. The fraction of sp³-hybridized carbons (Fsp3) is 0.667. The number of thiazole rings is 1. The summed E-state index contributed by atoms with van der Waals surface area (Å²) in [6.07, 6.45) is 0. The first-order chi connectivity index (χ1) is 8.65. The number of hydrogen-bond acceptors (Lipinski definition) is 5. The van der Waals surface area contributed by atoms with Crippen LogP contribution in [0.4, 0.5) is 0 Å². The van der Waals surface area contributed by atoms with Crippen LogP contribution in [0.1, 0.15) is 10.7 Å². The Kier molecular flexibility index (Phi) is 5.03. The van der Waals surface area contributed by atoms with Crippen molar-refractivity contribution in [3.63, 3.8) is 0 Å². The lowest BCUT2D eigenvalue weighted by Crippen LogP contribution is -2.47. The van der Waals surface area contributed by atoms with Crippen LogP contribution in [0.5, 0.6) is 0 Å². The molecule has 0 radical (unpaired) electrons. The number of amides is 1. The van der Waals surface area contributed by atoms with Crippen molar-refractivity contribution >= 4 is 29.0 Å². The maximum Gasteiger partial charge on any atom is 0.232 e. The van der Waals surface area contributed by atoms with Gasteiger partial charge in [-0.1, -0.05) is 0 Å². The average molecular weight is 285 g/mol. The van der Waals surface area contributed by atoms with Crippen molar-refractivity contribution < 1.29 is 4.79 Å². The molecule has 0 aromatic carbocycles. The van der Waals surface area contributed by atoms with Gasteiger partial charge in [0.05, 0.1) is 16.5 Å². The minimum absolute atomic E-state index is 0.264. The van der Waals surface area contributed by atoms with Gasteiger partial charge in [0.2, 0.25) is 5.91 Å². The highest BCUT2D eigenvalue weighted by molar-refractivity contribution is 7.99. The highest BCUT2D eigenvalue weighted by atomic mass is 32.2.